The zero-order chi connectivity index (χ0) is 20.0. The van der Waals surface area contributed by atoms with Crippen LogP contribution in [0.2, 0.25) is 10.0 Å². The first-order valence-corrected chi connectivity index (χ1v) is 10.5. The molecule has 2 aromatic rings. The van der Waals surface area contributed by atoms with E-state index in [0.29, 0.717) is 21.3 Å². The maximum Gasteiger partial charge on any atom is 0.357 e. The molecule has 2 aromatic carbocycles. The van der Waals surface area contributed by atoms with E-state index in [2.05, 4.69) is 5.32 Å². The van der Waals surface area contributed by atoms with E-state index in [9.17, 15) is 14.7 Å². The quantitative estimate of drug-likeness (QED) is 0.284. The zero-order valence-corrected chi connectivity index (χ0v) is 17.1. The first-order chi connectivity index (χ1) is 12.8. The number of halogens is 2. The molecule has 0 aliphatic rings. The molecule has 27 heavy (non-hydrogen) atoms. The van der Waals surface area contributed by atoms with Crippen molar-refractivity contribution in [2.75, 3.05) is 18.5 Å². The van der Waals surface area contributed by atoms with Crippen LogP contribution in [-0.4, -0.2) is 18.1 Å². The minimum Gasteiger partial charge on any atom is -0.368 e. The average Bonchev–Trinajstić information content (AvgIpc) is 2.59. The fourth-order valence-electron chi connectivity index (χ4n) is 2.46. The second kappa shape index (κ2) is 9.53. The van der Waals surface area contributed by atoms with E-state index in [0.717, 1.165) is 0 Å². The van der Waals surface area contributed by atoms with Crippen LogP contribution in [0.5, 0.6) is 0 Å². The van der Waals surface area contributed by atoms with Gasteiger partial charge in [-0.1, -0.05) is 23.2 Å². The zero-order valence-electron chi connectivity index (χ0n) is 14.7. The van der Waals surface area contributed by atoms with E-state index < -0.39 is 18.3 Å². The third-order valence-electron chi connectivity index (χ3n) is 3.52. The molecule has 0 heterocycles. The van der Waals surface area contributed by atoms with Gasteiger partial charge in [-0.25, -0.2) is 0 Å². The Labute approximate surface area is 167 Å². The van der Waals surface area contributed by atoms with E-state index in [4.69, 9.17) is 32.2 Å². The summed E-state index contributed by atoms with van der Waals surface area (Å²) in [6.45, 7) is 3.74. The third-order valence-corrected chi connectivity index (χ3v) is 6.25. The number of nitro groups is 1. The van der Waals surface area contributed by atoms with Crippen molar-refractivity contribution in [2.24, 2.45) is 0 Å². The summed E-state index contributed by atoms with van der Waals surface area (Å²) in [4.78, 5) is 10.4. The molecule has 10 heteroatoms. The van der Waals surface area contributed by atoms with E-state index in [1.54, 1.807) is 32.0 Å². The highest BCUT2D eigenvalue weighted by Crippen LogP contribution is 2.61. The smallest absolute Gasteiger partial charge is 0.357 e. The summed E-state index contributed by atoms with van der Waals surface area (Å²) in [5.74, 6) is -0.910. The lowest BCUT2D eigenvalue weighted by molar-refractivity contribution is -0.384. The molecule has 0 bridgehead atoms. The molecule has 0 saturated heterocycles. The molecule has 1 N–H and O–H groups in total. The van der Waals surface area contributed by atoms with Crippen molar-refractivity contribution in [3.8, 4) is 0 Å². The Morgan fingerprint density at radius 3 is 2.04 bits per heavy atom. The molecular formula is C17H19Cl2N2O5P. The summed E-state index contributed by atoms with van der Waals surface area (Å²) < 4.78 is 24.3. The van der Waals surface area contributed by atoms with E-state index in [1.165, 1.54) is 24.3 Å². The Bertz CT molecular complexity index is 817. The van der Waals surface area contributed by atoms with Crippen LogP contribution >= 0.6 is 30.8 Å². The molecule has 0 spiro atoms. The highest BCUT2D eigenvalue weighted by atomic mass is 35.5. The predicted molar refractivity (Wildman–Crippen MR) is 107 cm³/mol. The maximum atomic E-state index is 13.4. The molecular weight excluding hydrogens is 414 g/mol. The molecule has 2 rings (SSSR count). The van der Waals surface area contributed by atoms with Crippen LogP contribution in [0.25, 0.3) is 0 Å². The minimum absolute atomic E-state index is 0.0778. The fraction of sp³-hybridized carbons (Fsp3) is 0.294. The van der Waals surface area contributed by atoms with Crippen LogP contribution < -0.4 is 5.32 Å². The molecule has 0 aromatic heterocycles. The molecule has 0 saturated carbocycles. The highest BCUT2D eigenvalue weighted by molar-refractivity contribution is 7.54. The highest BCUT2D eigenvalue weighted by Gasteiger charge is 2.37. The fourth-order valence-corrected chi connectivity index (χ4v) is 4.93. The van der Waals surface area contributed by atoms with Crippen molar-refractivity contribution in [3.63, 3.8) is 0 Å². The number of nitrogens with one attached hydrogen (secondary N) is 1. The number of nitro benzene ring substituents is 1. The number of rotatable bonds is 9. The van der Waals surface area contributed by atoms with Crippen LogP contribution in [-0.2, 0) is 13.6 Å². The topological polar surface area (TPSA) is 90.7 Å². The molecule has 0 amide bonds. The molecule has 0 fully saturated rings. The number of benzene rings is 2. The summed E-state index contributed by atoms with van der Waals surface area (Å²) in [6.07, 6.45) is 0. The van der Waals surface area contributed by atoms with Gasteiger partial charge in [0.05, 0.1) is 18.1 Å². The Hall–Kier alpha value is -1.63. The number of anilines is 1. The average molecular weight is 433 g/mol. The molecule has 0 aliphatic carbocycles. The number of non-ortho nitro benzene ring substituents is 1. The normalized spacial score (nSPS) is 12.6. The molecule has 146 valence electrons. The first kappa shape index (κ1) is 21.7. The van der Waals surface area contributed by atoms with Crippen molar-refractivity contribution in [1.82, 2.24) is 0 Å². The van der Waals surface area contributed by atoms with Crippen LogP contribution in [0, 0.1) is 10.1 Å². The monoisotopic (exact) mass is 432 g/mol. The van der Waals surface area contributed by atoms with Crippen LogP contribution in [0.15, 0.2) is 42.5 Å². The Kier molecular flexibility index (Phi) is 7.65. The molecule has 0 aliphatic heterocycles. The lowest BCUT2D eigenvalue weighted by Crippen LogP contribution is -2.15. The largest absolute Gasteiger partial charge is 0.368 e. The summed E-state index contributed by atoms with van der Waals surface area (Å²) >= 11 is 12.1. The van der Waals surface area contributed by atoms with Gasteiger partial charge in [-0.2, -0.15) is 0 Å². The third kappa shape index (κ3) is 5.67. The van der Waals surface area contributed by atoms with Gasteiger partial charge in [0, 0.05) is 27.9 Å². The van der Waals surface area contributed by atoms with Gasteiger partial charge in [-0.15, -0.1) is 0 Å². The minimum atomic E-state index is -3.65. The second-order valence-corrected chi connectivity index (χ2v) is 8.41. The lowest BCUT2D eigenvalue weighted by Gasteiger charge is -2.28. The van der Waals surface area contributed by atoms with E-state index in [-0.39, 0.29) is 18.9 Å². The van der Waals surface area contributed by atoms with Gasteiger partial charge in [0.15, 0.2) is 5.78 Å². The van der Waals surface area contributed by atoms with Crippen LogP contribution in [0.3, 0.4) is 0 Å². The SMILES string of the molecule is CCOP(=O)(OCC)[C@@H](Nc1cc(Cl)cc(Cl)c1)c1ccc([N+](=O)[O-])cc1. The molecule has 0 radical (unpaired) electrons. The van der Waals surface area contributed by atoms with Crippen molar-refractivity contribution >= 4 is 42.2 Å². The molecule has 7 nitrogen and oxygen atoms in total. The van der Waals surface area contributed by atoms with Gasteiger partial charge in [-0.3, -0.25) is 14.7 Å². The van der Waals surface area contributed by atoms with Gasteiger partial charge in [0.25, 0.3) is 5.69 Å². The summed E-state index contributed by atoms with van der Waals surface area (Å²) in [7, 11) is -3.65. The van der Waals surface area contributed by atoms with Gasteiger partial charge < -0.3 is 14.4 Å². The standard InChI is InChI=1S/C17H19Cl2N2O5P/c1-3-25-27(24,26-4-2)17(12-5-7-16(8-6-12)21(22)23)20-15-10-13(18)9-14(19)11-15/h5-11,17,20H,3-4H2,1-2H3/t17-/m1/s1. The Balaban J connectivity index is 2.49. The summed E-state index contributed by atoms with van der Waals surface area (Å²) in [5.41, 5.74) is 0.934. The van der Waals surface area contributed by atoms with Crippen LogP contribution in [0.4, 0.5) is 11.4 Å². The summed E-state index contributed by atoms with van der Waals surface area (Å²) in [6, 6.07) is 10.5. The Morgan fingerprint density at radius 2 is 1.59 bits per heavy atom. The van der Waals surface area contributed by atoms with Crippen LogP contribution in [0.1, 0.15) is 25.2 Å². The summed E-state index contributed by atoms with van der Waals surface area (Å²) in [5, 5.41) is 14.8. The van der Waals surface area contributed by atoms with Crippen molar-refractivity contribution in [3.05, 3.63) is 68.2 Å². The number of hydrogen-bond donors (Lipinski definition) is 1. The first-order valence-electron chi connectivity index (χ1n) is 8.14. The maximum absolute atomic E-state index is 13.4. The van der Waals surface area contributed by atoms with Gasteiger partial charge >= 0.3 is 7.60 Å². The second-order valence-electron chi connectivity index (χ2n) is 5.43. The number of hydrogen-bond acceptors (Lipinski definition) is 6. The van der Waals surface area contributed by atoms with Gasteiger partial charge in [0.2, 0.25) is 0 Å². The van der Waals surface area contributed by atoms with Crippen molar-refractivity contribution in [1.29, 1.82) is 0 Å². The number of nitrogens with zero attached hydrogens (tertiary/aromatic N) is 1. The van der Waals surface area contributed by atoms with Crippen molar-refractivity contribution in [2.45, 2.75) is 19.6 Å². The van der Waals surface area contributed by atoms with Gasteiger partial charge in [0.1, 0.15) is 0 Å². The van der Waals surface area contributed by atoms with E-state index in [1.807, 2.05) is 0 Å². The van der Waals surface area contributed by atoms with E-state index >= 15 is 0 Å². The lowest BCUT2D eigenvalue weighted by atomic mass is 10.2. The predicted octanol–water partition coefficient (Wildman–Crippen LogP) is 6.28. The van der Waals surface area contributed by atoms with Gasteiger partial charge in [-0.05, 0) is 49.7 Å². The molecule has 1 atom stereocenters. The van der Waals surface area contributed by atoms with Crippen molar-refractivity contribution < 1.29 is 18.5 Å². The molecule has 0 unspecified atom stereocenters. The Morgan fingerprint density at radius 1 is 1.07 bits per heavy atom.